The third kappa shape index (κ3) is 7.97. The van der Waals surface area contributed by atoms with Crippen LogP contribution in [0.25, 0.3) is 0 Å². The van der Waals surface area contributed by atoms with Gasteiger partial charge in [0, 0.05) is 17.1 Å². The van der Waals surface area contributed by atoms with Gasteiger partial charge in [-0.15, -0.1) is 0 Å². The van der Waals surface area contributed by atoms with Crippen molar-refractivity contribution >= 4 is 50.7 Å². The van der Waals surface area contributed by atoms with Gasteiger partial charge in [-0.3, -0.25) is 13.9 Å². The van der Waals surface area contributed by atoms with Crippen molar-refractivity contribution in [2.24, 2.45) is 0 Å². The van der Waals surface area contributed by atoms with Gasteiger partial charge in [0.15, 0.2) is 0 Å². The highest BCUT2D eigenvalue weighted by Gasteiger charge is 2.34. The fraction of sp³-hybridized carbons (Fsp3) is 0.310. The predicted octanol–water partition coefficient (Wildman–Crippen LogP) is 5.83. The Morgan fingerprint density at radius 2 is 1.62 bits per heavy atom. The lowest BCUT2D eigenvalue weighted by Gasteiger charge is -2.33. The molecule has 0 aliphatic rings. The number of benzene rings is 3. The van der Waals surface area contributed by atoms with Gasteiger partial charge >= 0.3 is 0 Å². The van der Waals surface area contributed by atoms with Crippen LogP contribution in [0.3, 0.4) is 0 Å². The van der Waals surface area contributed by atoms with E-state index in [0.29, 0.717) is 0 Å². The molecule has 0 heterocycles. The first-order valence-corrected chi connectivity index (χ1v) is 14.6. The predicted molar refractivity (Wildman–Crippen MR) is 157 cm³/mol. The van der Waals surface area contributed by atoms with Crippen molar-refractivity contribution in [2.75, 3.05) is 10.8 Å². The smallest absolute Gasteiger partial charge is 0.264 e. The first kappa shape index (κ1) is 30.5. The van der Waals surface area contributed by atoms with E-state index in [0.717, 1.165) is 15.4 Å². The number of amides is 2. The molecule has 10 heteroatoms. The van der Waals surface area contributed by atoms with Gasteiger partial charge in [0.2, 0.25) is 11.8 Å². The maximum Gasteiger partial charge on any atom is 0.264 e. The lowest BCUT2D eigenvalue weighted by molar-refractivity contribution is -0.140. The van der Waals surface area contributed by atoms with Crippen molar-refractivity contribution < 1.29 is 18.0 Å². The van der Waals surface area contributed by atoms with Gasteiger partial charge in [0.25, 0.3) is 10.0 Å². The summed E-state index contributed by atoms with van der Waals surface area (Å²) in [6.45, 7) is 8.59. The van der Waals surface area contributed by atoms with Crippen LogP contribution in [-0.2, 0) is 26.2 Å². The summed E-state index contributed by atoms with van der Waals surface area (Å²) in [4.78, 5) is 28.5. The molecule has 208 valence electrons. The van der Waals surface area contributed by atoms with Crippen LogP contribution in [0.1, 0.15) is 38.8 Å². The zero-order valence-corrected chi connectivity index (χ0v) is 24.9. The molecule has 0 saturated heterocycles. The molecule has 3 aromatic carbocycles. The Morgan fingerprint density at radius 1 is 0.949 bits per heavy atom. The van der Waals surface area contributed by atoms with Crippen molar-refractivity contribution in [1.82, 2.24) is 10.2 Å². The maximum absolute atomic E-state index is 14.0. The fourth-order valence-corrected chi connectivity index (χ4v) is 5.86. The summed E-state index contributed by atoms with van der Waals surface area (Å²) in [6, 6.07) is 18.8. The summed E-state index contributed by atoms with van der Waals surface area (Å²) in [5.74, 6) is -0.939. The number of hydrogen-bond donors (Lipinski definition) is 1. The second-order valence-electron chi connectivity index (χ2n) is 10.3. The molecule has 0 spiro atoms. The second kappa shape index (κ2) is 12.4. The number of carbonyl (C=O) groups is 2. The SMILES string of the molecule is Cc1cccc(CN(C(=O)CN(c2cc(Cl)ccc2Cl)S(=O)(=O)c2ccccc2)C(C)C(=O)NC(C)(C)C)c1. The van der Waals surface area contributed by atoms with Crippen LogP contribution in [0.15, 0.2) is 77.7 Å². The van der Waals surface area contributed by atoms with E-state index < -0.39 is 34.1 Å². The molecule has 3 rings (SSSR count). The molecule has 0 radical (unpaired) electrons. The number of nitrogens with zero attached hydrogens (tertiary/aromatic N) is 2. The van der Waals surface area contributed by atoms with Gasteiger partial charge < -0.3 is 10.2 Å². The Kier molecular flexibility index (Phi) is 9.69. The van der Waals surface area contributed by atoms with Crippen LogP contribution in [0.5, 0.6) is 0 Å². The van der Waals surface area contributed by atoms with Crippen molar-refractivity contribution in [1.29, 1.82) is 0 Å². The second-order valence-corrected chi connectivity index (χ2v) is 13.1. The number of sulfonamides is 1. The number of rotatable bonds is 9. The summed E-state index contributed by atoms with van der Waals surface area (Å²) in [6.07, 6.45) is 0. The van der Waals surface area contributed by atoms with E-state index in [4.69, 9.17) is 23.2 Å². The number of carbonyl (C=O) groups excluding carboxylic acids is 2. The minimum absolute atomic E-state index is 0.0161. The third-order valence-corrected chi connectivity index (χ3v) is 8.22. The summed E-state index contributed by atoms with van der Waals surface area (Å²) < 4.78 is 28.6. The van der Waals surface area contributed by atoms with Crippen molar-refractivity contribution in [3.05, 3.63) is 94.0 Å². The Bertz CT molecular complexity index is 1440. The minimum Gasteiger partial charge on any atom is -0.350 e. The van der Waals surface area contributed by atoms with Gasteiger partial charge in [0.1, 0.15) is 12.6 Å². The third-order valence-electron chi connectivity index (χ3n) is 5.89. The Labute approximate surface area is 240 Å². The van der Waals surface area contributed by atoms with Crippen LogP contribution < -0.4 is 9.62 Å². The standard InChI is InChI=1S/C29H33Cl2N3O4S/c1-20-10-9-11-22(16-20)18-33(21(2)28(36)32-29(3,4)5)27(35)19-34(26-17-23(30)14-15-25(26)31)39(37,38)24-12-7-6-8-13-24/h6-17,21H,18-19H2,1-5H3,(H,32,36). The molecule has 3 aromatic rings. The van der Waals surface area contributed by atoms with E-state index in [1.54, 1.807) is 25.1 Å². The monoisotopic (exact) mass is 589 g/mol. The molecule has 0 aromatic heterocycles. The molecular weight excluding hydrogens is 557 g/mol. The van der Waals surface area contributed by atoms with Gasteiger partial charge in [-0.05, 0) is 70.5 Å². The largest absolute Gasteiger partial charge is 0.350 e. The Hall–Kier alpha value is -3.07. The highest BCUT2D eigenvalue weighted by Crippen LogP contribution is 2.33. The molecule has 39 heavy (non-hydrogen) atoms. The Morgan fingerprint density at radius 3 is 2.23 bits per heavy atom. The molecule has 0 saturated carbocycles. The summed E-state index contributed by atoms with van der Waals surface area (Å²) >= 11 is 12.6. The molecule has 0 aliphatic heterocycles. The highest BCUT2D eigenvalue weighted by molar-refractivity contribution is 7.92. The number of anilines is 1. The van der Waals surface area contributed by atoms with E-state index in [2.05, 4.69) is 5.32 Å². The summed E-state index contributed by atoms with van der Waals surface area (Å²) in [7, 11) is -4.23. The van der Waals surface area contributed by atoms with Gasteiger partial charge in [-0.2, -0.15) is 0 Å². The molecule has 0 bridgehead atoms. The molecule has 1 N–H and O–H groups in total. The highest BCUT2D eigenvalue weighted by atomic mass is 35.5. The van der Waals surface area contributed by atoms with Crippen LogP contribution in [0, 0.1) is 6.92 Å². The Balaban J connectivity index is 2.07. The maximum atomic E-state index is 14.0. The van der Waals surface area contributed by atoms with E-state index in [1.807, 2.05) is 52.0 Å². The molecule has 7 nitrogen and oxygen atoms in total. The minimum atomic E-state index is -4.23. The zero-order chi connectivity index (χ0) is 29.0. The average molecular weight is 591 g/mol. The van der Waals surface area contributed by atoms with Crippen LogP contribution in [0.4, 0.5) is 5.69 Å². The van der Waals surface area contributed by atoms with Crippen molar-refractivity contribution in [2.45, 2.75) is 57.6 Å². The van der Waals surface area contributed by atoms with Gasteiger partial charge in [0.05, 0.1) is 15.6 Å². The quantitative estimate of drug-likeness (QED) is 0.340. The summed E-state index contributed by atoms with van der Waals surface area (Å²) in [5.41, 5.74) is 1.33. The zero-order valence-electron chi connectivity index (χ0n) is 22.6. The topological polar surface area (TPSA) is 86.8 Å². The van der Waals surface area contributed by atoms with E-state index >= 15 is 0 Å². The molecule has 0 aliphatic carbocycles. The van der Waals surface area contributed by atoms with E-state index in [-0.39, 0.29) is 33.1 Å². The number of halogens is 2. The average Bonchev–Trinajstić information content (AvgIpc) is 2.86. The van der Waals surface area contributed by atoms with Crippen LogP contribution >= 0.6 is 23.2 Å². The van der Waals surface area contributed by atoms with Gasteiger partial charge in [-0.25, -0.2) is 8.42 Å². The van der Waals surface area contributed by atoms with E-state index in [9.17, 15) is 18.0 Å². The van der Waals surface area contributed by atoms with Gasteiger partial charge in [-0.1, -0.05) is 71.2 Å². The number of hydrogen-bond acceptors (Lipinski definition) is 4. The van der Waals surface area contributed by atoms with E-state index in [1.165, 1.54) is 35.2 Å². The number of aryl methyl sites for hydroxylation is 1. The number of nitrogens with one attached hydrogen (secondary N) is 1. The molecule has 2 amide bonds. The lowest BCUT2D eigenvalue weighted by atomic mass is 10.1. The van der Waals surface area contributed by atoms with Crippen LogP contribution in [-0.4, -0.2) is 43.3 Å². The summed E-state index contributed by atoms with van der Waals surface area (Å²) in [5, 5.41) is 3.27. The lowest BCUT2D eigenvalue weighted by Crippen LogP contribution is -2.54. The fourth-order valence-electron chi connectivity index (χ4n) is 3.97. The first-order chi connectivity index (χ1) is 18.2. The normalized spacial score (nSPS) is 12.5. The first-order valence-electron chi connectivity index (χ1n) is 12.4. The molecule has 1 atom stereocenters. The molecule has 0 fully saturated rings. The molecular formula is C29H33Cl2N3O4S. The molecule has 1 unspecified atom stereocenters. The van der Waals surface area contributed by atoms with Crippen molar-refractivity contribution in [3.8, 4) is 0 Å². The van der Waals surface area contributed by atoms with Crippen LogP contribution in [0.2, 0.25) is 10.0 Å². The van der Waals surface area contributed by atoms with Crippen molar-refractivity contribution in [3.63, 3.8) is 0 Å².